The highest BCUT2D eigenvalue weighted by atomic mass is 35.5. The van der Waals surface area contributed by atoms with E-state index in [0.717, 1.165) is 25.7 Å². The highest BCUT2D eigenvalue weighted by Gasteiger charge is 2.43. The van der Waals surface area contributed by atoms with Crippen LogP contribution in [-0.4, -0.2) is 46.4 Å². The van der Waals surface area contributed by atoms with Crippen molar-refractivity contribution in [2.24, 2.45) is 0 Å². The van der Waals surface area contributed by atoms with E-state index in [2.05, 4.69) is 20.0 Å². The molecule has 194 valence electrons. The molecule has 3 atom stereocenters. The fourth-order valence-electron chi connectivity index (χ4n) is 5.57. The summed E-state index contributed by atoms with van der Waals surface area (Å²) in [5.74, 6) is -0.672. The van der Waals surface area contributed by atoms with Crippen LogP contribution in [0.5, 0.6) is 0 Å². The van der Waals surface area contributed by atoms with E-state index in [0.29, 0.717) is 30.1 Å². The summed E-state index contributed by atoms with van der Waals surface area (Å²) in [6, 6.07) is 5.37. The average molecular weight is 531 g/mol. The van der Waals surface area contributed by atoms with Crippen LogP contribution in [0.25, 0.3) is 11.3 Å². The summed E-state index contributed by atoms with van der Waals surface area (Å²) in [6.45, 7) is 0.155. The van der Waals surface area contributed by atoms with Gasteiger partial charge < -0.3 is 18.9 Å². The van der Waals surface area contributed by atoms with E-state index in [1.165, 1.54) is 31.4 Å². The number of benzene rings is 1. The number of carbonyl (C=O) groups is 1. The standard InChI is InChI=1S/C26H25ClF2N4O4/c1-35-25(34)20-11-21(27)31-26(30-20)33-14-7-8-15(33)10-16(9-14)36-12-17-23(32-37-24(17)13-5-6-13)22-18(28)3-2-4-19(22)29/h2-4,11,13-16H,5-10,12H2,1H3/t14-,15+,16?. The predicted molar refractivity (Wildman–Crippen MR) is 129 cm³/mol. The number of fused-ring (bicyclic) bond motifs is 2. The highest BCUT2D eigenvalue weighted by Crippen LogP contribution is 2.45. The molecular weight excluding hydrogens is 506 g/mol. The molecule has 3 aromatic rings. The van der Waals surface area contributed by atoms with Crippen molar-refractivity contribution in [3.05, 3.63) is 58.1 Å². The van der Waals surface area contributed by atoms with E-state index in [1.54, 1.807) is 0 Å². The Hall–Kier alpha value is -3.11. The SMILES string of the molecule is COC(=O)c1cc(Cl)nc(N2[C@@H]3CC[C@H]2CC(OCc2c(-c4c(F)cccc4F)noc2C2CC2)C3)n1. The molecule has 2 bridgehead atoms. The van der Waals surface area contributed by atoms with Crippen LogP contribution in [0.15, 0.2) is 28.8 Å². The van der Waals surface area contributed by atoms with Crippen molar-refractivity contribution < 1.29 is 27.6 Å². The van der Waals surface area contributed by atoms with Gasteiger partial charge in [0.15, 0.2) is 5.69 Å². The Balaban J connectivity index is 1.21. The first-order valence-electron chi connectivity index (χ1n) is 12.4. The first-order chi connectivity index (χ1) is 17.9. The summed E-state index contributed by atoms with van der Waals surface area (Å²) in [5.41, 5.74) is 0.706. The third-order valence-corrected chi connectivity index (χ3v) is 7.62. The van der Waals surface area contributed by atoms with Crippen LogP contribution < -0.4 is 4.90 Å². The quantitative estimate of drug-likeness (QED) is 0.294. The molecule has 6 rings (SSSR count). The van der Waals surface area contributed by atoms with Crippen LogP contribution in [0, 0.1) is 11.6 Å². The van der Waals surface area contributed by atoms with E-state index in [1.807, 2.05) is 0 Å². The molecule has 8 nitrogen and oxygen atoms in total. The lowest BCUT2D eigenvalue weighted by molar-refractivity contribution is 0.0144. The zero-order valence-electron chi connectivity index (χ0n) is 20.1. The minimum Gasteiger partial charge on any atom is -0.464 e. The van der Waals surface area contributed by atoms with E-state index in [9.17, 15) is 13.6 Å². The fraction of sp³-hybridized carbons (Fsp3) is 0.462. The number of methoxy groups -OCH3 is 1. The summed E-state index contributed by atoms with van der Waals surface area (Å²) >= 11 is 6.18. The molecule has 3 aliphatic rings. The van der Waals surface area contributed by atoms with Gasteiger partial charge in [0, 0.05) is 29.6 Å². The summed E-state index contributed by atoms with van der Waals surface area (Å²) in [7, 11) is 1.29. The second-order valence-corrected chi connectivity index (χ2v) is 10.2. The predicted octanol–water partition coefficient (Wildman–Crippen LogP) is 5.44. The zero-order valence-corrected chi connectivity index (χ0v) is 20.9. The second kappa shape index (κ2) is 9.64. The van der Waals surface area contributed by atoms with Crippen LogP contribution in [0.3, 0.4) is 0 Å². The number of halogens is 3. The minimum absolute atomic E-state index is 0.0757. The van der Waals surface area contributed by atoms with Gasteiger partial charge in [-0.2, -0.15) is 0 Å². The Labute approximate surface area is 216 Å². The molecule has 4 heterocycles. The van der Waals surface area contributed by atoms with Gasteiger partial charge in [-0.3, -0.25) is 0 Å². The van der Waals surface area contributed by atoms with E-state index >= 15 is 0 Å². The van der Waals surface area contributed by atoms with Gasteiger partial charge in [-0.15, -0.1) is 0 Å². The first-order valence-corrected chi connectivity index (χ1v) is 12.8. The maximum absolute atomic E-state index is 14.6. The van der Waals surface area contributed by atoms with Crippen molar-refractivity contribution in [3.8, 4) is 11.3 Å². The Bertz CT molecular complexity index is 1310. The number of nitrogens with zero attached hydrogens (tertiary/aromatic N) is 4. The number of esters is 1. The molecule has 1 unspecified atom stereocenters. The molecule has 0 N–H and O–H groups in total. The number of aromatic nitrogens is 3. The molecule has 3 fully saturated rings. The van der Waals surface area contributed by atoms with E-state index in [-0.39, 0.29) is 52.8 Å². The monoisotopic (exact) mass is 530 g/mol. The molecule has 2 aromatic heterocycles. The van der Waals surface area contributed by atoms with Gasteiger partial charge in [0.25, 0.3) is 0 Å². The number of rotatable bonds is 7. The first kappa shape index (κ1) is 24.2. The van der Waals surface area contributed by atoms with E-state index < -0.39 is 17.6 Å². The molecule has 11 heteroatoms. The van der Waals surface area contributed by atoms with E-state index in [4.69, 9.17) is 25.6 Å². The van der Waals surface area contributed by atoms with Crippen molar-refractivity contribution in [2.45, 2.75) is 69.2 Å². The number of hydrogen-bond acceptors (Lipinski definition) is 8. The average Bonchev–Trinajstić information content (AvgIpc) is 3.59. The zero-order chi connectivity index (χ0) is 25.7. The van der Waals surface area contributed by atoms with Gasteiger partial charge in [0.2, 0.25) is 5.95 Å². The van der Waals surface area contributed by atoms with Crippen molar-refractivity contribution in [1.29, 1.82) is 0 Å². The third-order valence-electron chi connectivity index (χ3n) is 7.43. The lowest BCUT2D eigenvalue weighted by Gasteiger charge is -2.39. The Morgan fingerprint density at radius 2 is 1.84 bits per heavy atom. The molecule has 2 saturated heterocycles. The van der Waals surface area contributed by atoms with Gasteiger partial charge >= 0.3 is 5.97 Å². The molecule has 0 spiro atoms. The number of piperidine rings is 1. The van der Waals surface area contributed by atoms with Crippen LogP contribution in [0.1, 0.15) is 66.3 Å². The number of hydrogen-bond donors (Lipinski definition) is 0. The minimum atomic E-state index is -0.684. The maximum Gasteiger partial charge on any atom is 0.356 e. The van der Waals surface area contributed by atoms with Gasteiger partial charge in [-0.25, -0.2) is 23.5 Å². The van der Waals surface area contributed by atoms with Gasteiger partial charge in [-0.1, -0.05) is 22.8 Å². The Morgan fingerprint density at radius 1 is 1.14 bits per heavy atom. The van der Waals surface area contributed by atoms with Crippen LogP contribution >= 0.6 is 11.6 Å². The molecule has 37 heavy (non-hydrogen) atoms. The third kappa shape index (κ3) is 4.57. The number of anilines is 1. The Kier molecular flexibility index (Phi) is 6.32. The van der Waals surface area contributed by atoms with Crippen molar-refractivity contribution in [3.63, 3.8) is 0 Å². The second-order valence-electron chi connectivity index (χ2n) is 9.81. The van der Waals surface area contributed by atoms with Crippen LogP contribution in [-0.2, 0) is 16.1 Å². The summed E-state index contributed by atoms with van der Waals surface area (Å²) in [6.07, 6.45) is 5.13. The lowest BCUT2D eigenvalue weighted by atomic mass is 9.99. The van der Waals surface area contributed by atoms with Crippen LogP contribution in [0.4, 0.5) is 14.7 Å². The lowest BCUT2D eigenvalue weighted by Crippen LogP contribution is -2.46. The molecule has 0 radical (unpaired) electrons. The van der Waals surface area contributed by atoms with Crippen LogP contribution in [0.2, 0.25) is 5.15 Å². The molecule has 1 aromatic carbocycles. The molecule has 1 saturated carbocycles. The van der Waals surface area contributed by atoms with Crippen molar-refractivity contribution in [2.75, 3.05) is 12.0 Å². The highest BCUT2D eigenvalue weighted by molar-refractivity contribution is 6.29. The molecule has 1 aliphatic carbocycles. The van der Waals surface area contributed by atoms with Crippen molar-refractivity contribution >= 4 is 23.5 Å². The van der Waals surface area contributed by atoms with Gasteiger partial charge in [0.05, 0.1) is 25.4 Å². The molecular formula is C26H25ClF2N4O4. The normalized spacial score (nSPS) is 22.9. The molecule has 0 amide bonds. The topological polar surface area (TPSA) is 90.6 Å². The summed E-state index contributed by atoms with van der Waals surface area (Å²) in [4.78, 5) is 22.9. The number of ether oxygens (including phenoxy) is 2. The summed E-state index contributed by atoms with van der Waals surface area (Å²) < 4.78 is 45.8. The van der Waals surface area contributed by atoms with Gasteiger partial charge in [-0.05, 0) is 50.7 Å². The molecule has 2 aliphatic heterocycles. The van der Waals surface area contributed by atoms with Gasteiger partial charge in [0.1, 0.15) is 28.2 Å². The smallest absolute Gasteiger partial charge is 0.356 e. The largest absolute Gasteiger partial charge is 0.464 e. The fourth-order valence-corrected chi connectivity index (χ4v) is 5.75. The van der Waals surface area contributed by atoms with Crippen molar-refractivity contribution in [1.82, 2.24) is 15.1 Å². The maximum atomic E-state index is 14.6. The number of carbonyl (C=O) groups excluding carboxylic acids is 1. The summed E-state index contributed by atoms with van der Waals surface area (Å²) in [5, 5.41) is 4.23. The Morgan fingerprint density at radius 3 is 2.49 bits per heavy atom.